The number of amides is 1. The van der Waals surface area contributed by atoms with Gasteiger partial charge in [-0.25, -0.2) is 0 Å². The number of aldehydes is 1. The molecule has 7 nitrogen and oxygen atoms in total. The number of nitrogens with zero attached hydrogens (tertiary/aromatic N) is 1. The summed E-state index contributed by atoms with van der Waals surface area (Å²) in [4.78, 5) is 36.4. The van der Waals surface area contributed by atoms with Crippen LogP contribution in [0.1, 0.15) is 31.1 Å². The smallest absolute Gasteiger partial charge is 0.326 e. The second-order valence-electron chi connectivity index (χ2n) is 5.23. The Balaban J connectivity index is 2.39. The molecule has 0 radical (unpaired) electrons. The van der Waals surface area contributed by atoms with E-state index in [1.807, 2.05) is 0 Å². The number of carbonyl (C=O) groups is 3. The van der Waals surface area contributed by atoms with Gasteiger partial charge in [-0.15, -0.1) is 0 Å². The predicted octanol–water partition coefficient (Wildman–Crippen LogP) is 1.57. The van der Waals surface area contributed by atoms with Gasteiger partial charge >= 0.3 is 5.97 Å². The third kappa shape index (κ3) is 3.80. The molecule has 0 aromatic heterocycles. The van der Waals surface area contributed by atoms with Gasteiger partial charge in [-0.1, -0.05) is 0 Å². The first kappa shape index (κ1) is 16.8. The van der Waals surface area contributed by atoms with Crippen molar-refractivity contribution in [2.75, 3.05) is 24.7 Å². The van der Waals surface area contributed by atoms with E-state index >= 15 is 0 Å². The molecule has 0 unspecified atom stereocenters. The maximum atomic E-state index is 12.1. The minimum atomic E-state index is -0.532. The number of fused-ring (bicyclic) bond motifs is 1. The van der Waals surface area contributed by atoms with Crippen molar-refractivity contribution < 1.29 is 28.6 Å². The third-order valence-electron chi connectivity index (χ3n) is 3.08. The normalized spacial score (nSPS) is 13.4. The van der Waals surface area contributed by atoms with Crippen LogP contribution in [0, 0.1) is 0 Å². The zero-order valence-electron chi connectivity index (χ0n) is 13.3. The summed E-state index contributed by atoms with van der Waals surface area (Å²) in [6, 6.07) is 3.03. The van der Waals surface area contributed by atoms with Gasteiger partial charge in [-0.05, 0) is 32.9 Å². The number of rotatable bonds is 6. The lowest BCUT2D eigenvalue weighted by Gasteiger charge is -2.30. The lowest BCUT2D eigenvalue weighted by Crippen LogP contribution is -2.43. The first-order chi connectivity index (χ1) is 11.0. The van der Waals surface area contributed by atoms with Crippen LogP contribution in [0.5, 0.6) is 11.5 Å². The summed E-state index contributed by atoms with van der Waals surface area (Å²) in [5.41, 5.74) is 0.655. The van der Waals surface area contributed by atoms with Gasteiger partial charge < -0.3 is 14.2 Å². The Labute approximate surface area is 134 Å². The molecule has 1 aromatic carbocycles. The maximum absolute atomic E-state index is 12.1. The lowest BCUT2D eigenvalue weighted by molar-refractivity contribution is -0.146. The molecule has 0 saturated heterocycles. The second kappa shape index (κ2) is 7.13. The quantitative estimate of drug-likeness (QED) is 0.584. The van der Waals surface area contributed by atoms with Crippen LogP contribution in [-0.2, 0) is 14.3 Å². The average molecular weight is 321 g/mol. The molecule has 1 heterocycles. The summed E-state index contributed by atoms with van der Waals surface area (Å²) in [7, 11) is 0. The van der Waals surface area contributed by atoms with Crippen molar-refractivity contribution in [1.82, 2.24) is 0 Å². The second-order valence-corrected chi connectivity index (χ2v) is 5.23. The van der Waals surface area contributed by atoms with Gasteiger partial charge in [0.25, 0.3) is 5.91 Å². The fourth-order valence-corrected chi connectivity index (χ4v) is 2.23. The molecule has 1 aromatic rings. The highest BCUT2D eigenvalue weighted by molar-refractivity contribution is 6.02. The molecule has 0 atom stereocenters. The van der Waals surface area contributed by atoms with Gasteiger partial charge in [-0.2, -0.15) is 0 Å². The van der Waals surface area contributed by atoms with Gasteiger partial charge in [0.2, 0.25) is 0 Å². The fraction of sp³-hybridized carbons (Fsp3) is 0.438. The molecule has 23 heavy (non-hydrogen) atoms. The van der Waals surface area contributed by atoms with Crippen molar-refractivity contribution in [1.29, 1.82) is 0 Å². The number of anilines is 1. The van der Waals surface area contributed by atoms with Crippen LogP contribution in [0.4, 0.5) is 5.69 Å². The van der Waals surface area contributed by atoms with Crippen molar-refractivity contribution in [3.05, 3.63) is 17.7 Å². The summed E-state index contributed by atoms with van der Waals surface area (Å²) in [6.45, 7) is 5.17. The number of esters is 1. The molecule has 1 amide bonds. The van der Waals surface area contributed by atoms with Crippen LogP contribution in [0.15, 0.2) is 12.1 Å². The van der Waals surface area contributed by atoms with Crippen LogP contribution in [0.2, 0.25) is 0 Å². The average Bonchev–Trinajstić information content (AvgIpc) is 2.49. The van der Waals surface area contributed by atoms with Gasteiger partial charge in [0.1, 0.15) is 12.8 Å². The number of ether oxygens (including phenoxy) is 3. The first-order valence-electron chi connectivity index (χ1n) is 7.35. The molecule has 0 fully saturated rings. The summed E-state index contributed by atoms with van der Waals surface area (Å²) >= 11 is 0. The number of hydrogen-bond acceptors (Lipinski definition) is 6. The van der Waals surface area contributed by atoms with Crippen LogP contribution in [0.3, 0.4) is 0 Å². The van der Waals surface area contributed by atoms with Crippen LogP contribution in [0.25, 0.3) is 0 Å². The molecule has 1 aliphatic heterocycles. The molecule has 0 saturated carbocycles. The standard InChI is InChI=1S/C16H19NO6/c1-4-21-13-6-11(8-18)5-12-16(13)22-9-14(19)17(12)7-15(20)23-10(2)3/h5-6,8,10H,4,7,9H2,1-3H3. The zero-order chi connectivity index (χ0) is 17.0. The fourth-order valence-electron chi connectivity index (χ4n) is 2.23. The van der Waals surface area contributed by atoms with E-state index in [4.69, 9.17) is 14.2 Å². The highest BCUT2D eigenvalue weighted by atomic mass is 16.5. The Morgan fingerprint density at radius 3 is 2.78 bits per heavy atom. The van der Waals surface area contributed by atoms with Gasteiger partial charge in [-0.3, -0.25) is 19.3 Å². The summed E-state index contributed by atoms with van der Waals surface area (Å²) < 4.78 is 16.0. The number of carbonyl (C=O) groups excluding carboxylic acids is 3. The van der Waals surface area contributed by atoms with Crippen molar-refractivity contribution >= 4 is 23.9 Å². The van der Waals surface area contributed by atoms with Gasteiger partial charge in [0, 0.05) is 5.56 Å². The van der Waals surface area contributed by atoms with E-state index in [1.54, 1.807) is 20.8 Å². The minimum absolute atomic E-state index is 0.206. The Kier molecular flexibility index (Phi) is 5.20. The topological polar surface area (TPSA) is 82.1 Å². The lowest BCUT2D eigenvalue weighted by atomic mass is 10.1. The Morgan fingerprint density at radius 2 is 2.17 bits per heavy atom. The number of benzene rings is 1. The highest BCUT2D eigenvalue weighted by Gasteiger charge is 2.31. The first-order valence-corrected chi connectivity index (χ1v) is 7.35. The van der Waals surface area contributed by atoms with E-state index in [0.29, 0.717) is 35.6 Å². The SMILES string of the molecule is CCOc1cc(C=O)cc2c1OCC(=O)N2CC(=O)OC(C)C. The maximum Gasteiger partial charge on any atom is 0.326 e. The molecule has 0 bridgehead atoms. The van der Waals surface area contributed by atoms with E-state index in [2.05, 4.69) is 0 Å². The predicted molar refractivity (Wildman–Crippen MR) is 82.1 cm³/mol. The minimum Gasteiger partial charge on any atom is -0.490 e. The molecule has 0 N–H and O–H groups in total. The molecule has 1 aliphatic rings. The number of hydrogen-bond donors (Lipinski definition) is 0. The van der Waals surface area contributed by atoms with Crippen LogP contribution >= 0.6 is 0 Å². The summed E-state index contributed by atoms with van der Waals surface area (Å²) in [5.74, 6) is -0.212. The molecule has 7 heteroatoms. The van der Waals surface area contributed by atoms with Gasteiger partial charge in [0.05, 0.1) is 18.4 Å². The highest BCUT2D eigenvalue weighted by Crippen LogP contribution is 2.41. The van der Waals surface area contributed by atoms with Gasteiger partial charge in [0.15, 0.2) is 18.1 Å². The molecule has 0 aliphatic carbocycles. The summed E-state index contributed by atoms with van der Waals surface area (Å²) in [5, 5.41) is 0. The van der Waals surface area contributed by atoms with E-state index in [1.165, 1.54) is 17.0 Å². The van der Waals surface area contributed by atoms with E-state index in [-0.39, 0.29) is 25.2 Å². The van der Waals surface area contributed by atoms with E-state index < -0.39 is 5.97 Å². The Hall–Kier alpha value is -2.57. The Morgan fingerprint density at radius 1 is 1.43 bits per heavy atom. The Bertz CT molecular complexity index is 625. The molecule has 2 rings (SSSR count). The van der Waals surface area contributed by atoms with Crippen LogP contribution in [-0.4, -0.2) is 44.0 Å². The summed E-state index contributed by atoms with van der Waals surface area (Å²) in [6.07, 6.45) is 0.366. The molecular formula is C16H19NO6. The van der Waals surface area contributed by atoms with Crippen molar-refractivity contribution in [2.45, 2.75) is 26.9 Å². The van der Waals surface area contributed by atoms with E-state index in [0.717, 1.165) is 0 Å². The van der Waals surface area contributed by atoms with E-state index in [9.17, 15) is 14.4 Å². The van der Waals surface area contributed by atoms with Crippen molar-refractivity contribution in [3.63, 3.8) is 0 Å². The van der Waals surface area contributed by atoms with Crippen molar-refractivity contribution in [2.24, 2.45) is 0 Å². The monoisotopic (exact) mass is 321 g/mol. The molecule has 124 valence electrons. The molecular weight excluding hydrogens is 302 g/mol. The molecule has 0 spiro atoms. The largest absolute Gasteiger partial charge is 0.490 e. The van der Waals surface area contributed by atoms with Crippen LogP contribution < -0.4 is 14.4 Å². The van der Waals surface area contributed by atoms with Crippen molar-refractivity contribution in [3.8, 4) is 11.5 Å². The third-order valence-corrected chi connectivity index (χ3v) is 3.08. The zero-order valence-corrected chi connectivity index (χ0v) is 13.3.